The van der Waals surface area contributed by atoms with E-state index in [0.29, 0.717) is 18.1 Å². The Morgan fingerprint density at radius 1 is 1.33 bits per heavy atom. The highest BCUT2D eigenvalue weighted by molar-refractivity contribution is 5.92. The van der Waals surface area contributed by atoms with Crippen molar-refractivity contribution in [2.75, 3.05) is 6.61 Å². The van der Waals surface area contributed by atoms with Crippen molar-refractivity contribution in [3.63, 3.8) is 0 Å². The molecule has 0 saturated heterocycles. The van der Waals surface area contributed by atoms with Gasteiger partial charge in [0, 0.05) is 11.5 Å². The van der Waals surface area contributed by atoms with Gasteiger partial charge in [-0.1, -0.05) is 39.7 Å². The molecule has 1 aliphatic rings. The molecule has 1 atom stereocenters. The van der Waals surface area contributed by atoms with Crippen LogP contribution in [0.4, 0.5) is 0 Å². The van der Waals surface area contributed by atoms with E-state index in [-0.39, 0.29) is 11.8 Å². The van der Waals surface area contributed by atoms with Crippen LogP contribution < -0.4 is 0 Å². The molecule has 0 bridgehead atoms. The van der Waals surface area contributed by atoms with Crippen molar-refractivity contribution in [1.29, 1.82) is 0 Å². The highest BCUT2D eigenvalue weighted by Gasteiger charge is 2.29. The third-order valence-electron chi connectivity index (χ3n) is 3.52. The van der Waals surface area contributed by atoms with Gasteiger partial charge in [0.1, 0.15) is 6.29 Å². The Balaban J connectivity index is 2.55. The highest BCUT2D eigenvalue weighted by atomic mass is 16.5. The first-order valence-corrected chi connectivity index (χ1v) is 6.87. The Morgan fingerprint density at radius 3 is 2.44 bits per heavy atom. The number of hydrogen-bond donors (Lipinski definition) is 0. The number of carbonyl (C=O) groups is 2. The fourth-order valence-electron chi connectivity index (χ4n) is 2.44. The van der Waals surface area contributed by atoms with Crippen molar-refractivity contribution in [2.45, 2.75) is 46.0 Å². The summed E-state index contributed by atoms with van der Waals surface area (Å²) in [7, 11) is 0. The maximum Gasteiger partial charge on any atom is 0.334 e. The monoisotopic (exact) mass is 252 g/mol. The molecule has 0 aromatic rings. The lowest BCUT2D eigenvalue weighted by molar-refractivity contribution is -0.141. The number of hydrogen-bond acceptors (Lipinski definition) is 3. The number of ether oxygens (including phenoxy) is 1. The average molecular weight is 252 g/mol. The summed E-state index contributed by atoms with van der Waals surface area (Å²) in [4.78, 5) is 23.0. The van der Waals surface area contributed by atoms with Crippen LogP contribution in [-0.2, 0) is 14.3 Å². The molecule has 0 aromatic carbocycles. The van der Waals surface area contributed by atoms with E-state index in [1.807, 2.05) is 13.8 Å². The van der Waals surface area contributed by atoms with Crippen LogP contribution in [0.15, 0.2) is 12.2 Å². The van der Waals surface area contributed by atoms with E-state index in [9.17, 15) is 9.59 Å². The smallest absolute Gasteiger partial charge is 0.334 e. The minimum absolute atomic E-state index is 0.273. The van der Waals surface area contributed by atoms with Gasteiger partial charge >= 0.3 is 5.97 Å². The second-order valence-corrected chi connectivity index (χ2v) is 5.58. The van der Waals surface area contributed by atoms with Crippen LogP contribution in [0.25, 0.3) is 0 Å². The molecule has 0 heterocycles. The van der Waals surface area contributed by atoms with Gasteiger partial charge in [0.2, 0.25) is 0 Å². The van der Waals surface area contributed by atoms with Gasteiger partial charge in [-0.3, -0.25) is 0 Å². The lowest BCUT2D eigenvalue weighted by atomic mass is 9.77. The van der Waals surface area contributed by atoms with Crippen LogP contribution in [0.2, 0.25) is 0 Å². The molecule has 1 rings (SSSR count). The fraction of sp³-hybridized carbons (Fsp3) is 0.733. The first kappa shape index (κ1) is 14.9. The molecule has 1 unspecified atom stereocenters. The van der Waals surface area contributed by atoms with Gasteiger partial charge in [-0.25, -0.2) is 4.79 Å². The lowest BCUT2D eigenvalue weighted by Gasteiger charge is -2.27. The maximum atomic E-state index is 11.8. The number of aldehydes is 1. The Kier molecular flexibility index (Phi) is 6.10. The van der Waals surface area contributed by atoms with Crippen molar-refractivity contribution >= 4 is 12.3 Å². The van der Waals surface area contributed by atoms with Crippen LogP contribution in [-0.4, -0.2) is 18.9 Å². The highest BCUT2D eigenvalue weighted by Crippen LogP contribution is 2.32. The van der Waals surface area contributed by atoms with Gasteiger partial charge in [0.25, 0.3) is 0 Å². The van der Waals surface area contributed by atoms with E-state index in [1.54, 1.807) is 0 Å². The molecule has 1 saturated carbocycles. The summed E-state index contributed by atoms with van der Waals surface area (Å²) in [6, 6.07) is 0. The van der Waals surface area contributed by atoms with Crippen LogP contribution in [0.3, 0.4) is 0 Å². The summed E-state index contributed by atoms with van der Waals surface area (Å²) in [5, 5.41) is 0. The SMILES string of the molecule is C=C(C(=O)OCC(C)C)C(C=O)C1CCCCC1. The van der Waals surface area contributed by atoms with E-state index in [4.69, 9.17) is 4.74 Å². The van der Waals surface area contributed by atoms with E-state index >= 15 is 0 Å². The minimum Gasteiger partial charge on any atom is -0.462 e. The van der Waals surface area contributed by atoms with E-state index in [2.05, 4.69) is 6.58 Å². The fourth-order valence-corrected chi connectivity index (χ4v) is 2.44. The molecular weight excluding hydrogens is 228 g/mol. The van der Waals surface area contributed by atoms with E-state index in [1.165, 1.54) is 6.42 Å². The standard InChI is InChI=1S/C15H24O3/c1-11(2)10-18-15(17)12(3)14(9-16)13-7-5-4-6-8-13/h9,11,13-14H,3-8,10H2,1-2H3. The molecule has 1 aliphatic carbocycles. The number of carbonyl (C=O) groups excluding carboxylic acids is 2. The lowest BCUT2D eigenvalue weighted by Crippen LogP contribution is -2.26. The van der Waals surface area contributed by atoms with Gasteiger partial charge in [-0.2, -0.15) is 0 Å². The zero-order chi connectivity index (χ0) is 13.5. The van der Waals surface area contributed by atoms with Crippen molar-refractivity contribution in [1.82, 2.24) is 0 Å². The predicted octanol–water partition coefficient (Wildman–Crippen LogP) is 3.14. The summed E-state index contributed by atoms with van der Waals surface area (Å²) in [5.41, 5.74) is 0.331. The Bertz CT molecular complexity index is 301. The van der Waals surface area contributed by atoms with Crippen LogP contribution in [0.1, 0.15) is 46.0 Å². The Hall–Kier alpha value is -1.12. The van der Waals surface area contributed by atoms with E-state index < -0.39 is 5.97 Å². The second kappa shape index (κ2) is 7.34. The van der Waals surface area contributed by atoms with Crippen molar-refractivity contribution in [3.05, 3.63) is 12.2 Å². The summed E-state index contributed by atoms with van der Waals surface area (Å²) < 4.78 is 5.14. The van der Waals surface area contributed by atoms with Crippen molar-refractivity contribution in [2.24, 2.45) is 17.8 Å². The predicted molar refractivity (Wildman–Crippen MR) is 71.1 cm³/mol. The minimum atomic E-state index is -0.411. The van der Waals surface area contributed by atoms with Gasteiger partial charge < -0.3 is 9.53 Å². The van der Waals surface area contributed by atoms with Gasteiger partial charge in [0.15, 0.2) is 0 Å². The molecule has 0 aromatic heterocycles. The third-order valence-corrected chi connectivity index (χ3v) is 3.52. The zero-order valence-electron chi connectivity index (χ0n) is 11.5. The van der Waals surface area contributed by atoms with Crippen molar-refractivity contribution in [3.8, 4) is 0 Å². The average Bonchev–Trinajstić information content (AvgIpc) is 2.38. The summed E-state index contributed by atoms with van der Waals surface area (Å²) in [5.74, 6) is -0.196. The van der Waals surface area contributed by atoms with Gasteiger partial charge in [-0.15, -0.1) is 0 Å². The second-order valence-electron chi connectivity index (χ2n) is 5.58. The van der Waals surface area contributed by atoms with Crippen LogP contribution in [0.5, 0.6) is 0 Å². The van der Waals surface area contributed by atoms with E-state index in [0.717, 1.165) is 32.0 Å². The topological polar surface area (TPSA) is 43.4 Å². The quantitative estimate of drug-likeness (QED) is 0.414. The summed E-state index contributed by atoms with van der Waals surface area (Å²) in [6.45, 7) is 8.12. The molecule has 102 valence electrons. The van der Waals surface area contributed by atoms with Gasteiger partial charge in [-0.05, 0) is 24.7 Å². The normalized spacial score (nSPS) is 18.4. The molecule has 3 heteroatoms. The maximum absolute atomic E-state index is 11.8. The van der Waals surface area contributed by atoms with Crippen LogP contribution >= 0.6 is 0 Å². The summed E-state index contributed by atoms with van der Waals surface area (Å²) in [6.07, 6.45) is 6.41. The molecule has 0 amide bonds. The third kappa shape index (κ3) is 4.28. The Morgan fingerprint density at radius 2 is 1.94 bits per heavy atom. The molecule has 0 aliphatic heterocycles. The first-order valence-electron chi connectivity index (χ1n) is 6.87. The molecule has 1 fully saturated rings. The van der Waals surface area contributed by atoms with Crippen LogP contribution in [0, 0.1) is 17.8 Å². The first-order chi connectivity index (χ1) is 8.56. The largest absolute Gasteiger partial charge is 0.462 e. The number of rotatable bonds is 6. The van der Waals surface area contributed by atoms with Gasteiger partial charge in [0.05, 0.1) is 6.61 Å². The summed E-state index contributed by atoms with van der Waals surface area (Å²) >= 11 is 0. The van der Waals surface area contributed by atoms with Crippen molar-refractivity contribution < 1.29 is 14.3 Å². The molecule has 3 nitrogen and oxygen atoms in total. The zero-order valence-corrected chi connectivity index (χ0v) is 11.5. The molecule has 0 N–H and O–H groups in total. The molecular formula is C15H24O3. The Labute approximate surface area is 110 Å². The number of esters is 1. The molecule has 0 spiro atoms. The molecule has 0 radical (unpaired) electrons. The molecule has 18 heavy (non-hydrogen) atoms.